The Hall–Kier alpha value is -2.20. The molecule has 110 valence electrons. The van der Waals surface area contributed by atoms with E-state index in [0.717, 1.165) is 6.42 Å². The van der Waals surface area contributed by atoms with Crippen LogP contribution in [0.3, 0.4) is 0 Å². The van der Waals surface area contributed by atoms with E-state index < -0.39 is 5.91 Å². The first kappa shape index (κ1) is 15.2. The number of carbonyl (C=O) groups is 1. The highest BCUT2D eigenvalue weighted by Crippen LogP contribution is 2.29. The lowest BCUT2D eigenvalue weighted by Crippen LogP contribution is -2.16. The topological polar surface area (TPSA) is 81.1 Å². The van der Waals surface area contributed by atoms with Crippen LogP contribution < -0.4 is 16.8 Å². The van der Waals surface area contributed by atoms with Gasteiger partial charge in [-0.3, -0.25) is 4.79 Å². The number of benzene rings is 2. The molecular formula is C16H18ClN3O. The molecule has 2 aromatic rings. The largest absolute Gasteiger partial charge is 0.399 e. The number of nitrogens with one attached hydrogen (secondary N) is 1. The molecule has 0 unspecified atom stereocenters. The van der Waals surface area contributed by atoms with Gasteiger partial charge in [-0.05, 0) is 31.0 Å². The molecule has 5 N–H and O–H groups in total. The molecule has 0 heterocycles. The van der Waals surface area contributed by atoms with E-state index in [2.05, 4.69) is 30.4 Å². The molecular weight excluding hydrogens is 286 g/mol. The summed E-state index contributed by atoms with van der Waals surface area (Å²) in [7, 11) is 0. The highest BCUT2D eigenvalue weighted by atomic mass is 35.5. The summed E-state index contributed by atoms with van der Waals surface area (Å²) in [5, 5.41) is 3.57. The van der Waals surface area contributed by atoms with E-state index in [1.54, 1.807) is 6.07 Å². The smallest absolute Gasteiger partial charge is 0.250 e. The number of anilines is 2. The van der Waals surface area contributed by atoms with Crippen LogP contribution in [0.15, 0.2) is 36.4 Å². The van der Waals surface area contributed by atoms with Crippen molar-refractivity contribution in [3.05, 3.63) is 58.1 Å². The number of hydrogen-bond donors (Lipinski definition) is 3. The fraction of sp³-hybridized carbons (Fsp3) is 0.188. The fourth-order valence-electron chi connectivity index (χ4n) is 2.20. The molecule has 0 saturated carbocycles. The molecule has 21 heavy (non-hydrogen) atoms. The predicted molar refractivity (Wildman–Crippen MR) is 87.8 cm³/mol. The first-order valence-corrected chi connectivity index (χ1v) is 7.03. The summed E-state index contributed by atoms with van der Waals surface area (Å²) in [5.41, 5.74) is 14.7. The van der Waals surface area contributed by atoms with Gasteiger partial charge in [-0.25, -0.2) is 0 Å². The number of rotatable bonds is 5. The Kier molecular flexibility index (Phi) is 4.70. The molecule has 4 nitrogen and oxygen atoms in total. The number of carbonyl (C=O) groups excluding carboxylic acids is 1. The Balaban J connectivity index is 2.11. The summed E-state index contributed by atoms with van der Waals surface area (Å²) in [5.74, 6) is -0.553. The Morgan fingerprint density at radius 2 is 2.05 bits per heavy atom. The van der Waals surface area contributed by atoms with E-state index in [9.17, 15) is 4.79 Å². The second-order valence-corrected chi connectivity index (χ2v) is 5.36. The average Bonchev–Trinajstić information content (AvgIpc) is 2.40. The Labute approximate surface area is 129 Å². The third-order valence-corrected chi connectivity index (χ3v) is 3.47. The lowest BCUT2D eigenvalue weighted by molar-refractivity contribution is 0.100. The van der Waals surface area contributed by atoms with Gasteiger partial charge >= 0.3 is 0 Å². The van der Waals surface area contributed by atoms with Crippen LogP contribution in [0.4, 0.5) is 11.4 Å². The van der Waals surface area contributed by atoms with Gasteiger partial charge in [0.15, 0.2) is 0 Å². The van der Waals surface area contributed by atoms with Gasteiger partial charge in [-0.2, -0.15) is 0 Å². The second kappa shape index (κ2) is 6.50. The zero-order valence-electron chi connectivity index (χ0n) is 11.8. The maximum Gasteiger partial charge on any atom is 0.250 e. The molecule has 0 fully saturated rings. The molecule has 0 aromatic heterocycles. The molecule has 0 radical (unpaired) electrons. The van der Waals surface area contributed by atoms with E-state index in [1.165, 1.54) is 17.2 Å². The molecule has 2 aromatic carbocycles. The van der Waals surface area contributed by atoms with E-state index in [1.807, 2.05) is 6.07 Å². The zero-order chi connectivity index (χ0) is 15.4. The van der Waals surface area contributed by atoms with Crippen LogP contribution in [0, 0.1) is 6.92 Å². The molecule has 0 atom stereocenters. The minimum absolute atomic E-state index is 0.309. The molecule has 1 amide bonds. The van der Waals surface area contributed by atoms with Crippen molar-refractivity contribution in [1.29, 1.82) is 0 Å². The van der Waals surface area contributed by atoms with Crippen LogP contribution in [-0.4, -0.2) is 12.5 Å². The SMILES string of the molecule is Cc1cccc(CCNc2c(Cl)cc(N)cc2C(N)=O)c1. The lowest BCUT2D eigenvalue weighted by Gasteiger charge is -2.13. The monoisotopic (exact) mass is 303 g/mol. The fourth-order valence-corrected chi connectivity index (χ4v) is 2.50. The molecule has 2 rings (SSSR count). The minimum atomic E-state index is -0.553. The van der Waals surface area contributed by atoms with Crippen molar-refractivity contribution in [1.82, 2.24) is 0 Å². The number of halogens is 1. The van der Waals surface area contributed by atoms with Gasteiger partial charge in [0.05, 0.1) is 16.3 Å². The first-order chi connectivity index (χ1) is 9.97. The molecule has 0 aliphatic carbocycles. The van der Waals surface area contributed by atoms with Crippen LogP contribution in [-0.2, 0) is 6.42 Å². The summed E-state index contributed by atoms with van der Waals surface area (Å²) in [6.45, 7) is 2.70. The van der Waals surface area contributed by atoms with Crippen LogP contribution in [0.5, 0.6) is 0 Å². The van der Waals surface area contributed by atoms with Gasteiger partial charge < -0.3 is 16.8 Å². The predicted octanol–water partition coefficient (Wildman–Crippen LogP) is 2.98. The lowest BCUT2D eigenvalue weighted by atomic mass is 10.1. The van der Waals surface area contributed by atoms with Crippen molar-refractivity contribution >= 4 is 28.9 Å². The third-order valence-electron chi connectivity index (χ3n) is 3.18. The molecule has 0 bridgehead atoms. The Morgan fingerprint density at radius 3 is 2.71 bits per heavy atom. The van der Waals surface area contributed by atoms with Crippen LogP contribution >= 0.6 is 11.6 Å². The van der Waals surface area contributed by atoms with Gasteiger partial charge in [0.2, 0.25) is 0 Å². The summed E-state index contributed by atoms with van der Waals surface area (Å²) in [4.78, 5) is 11.5. The van der Waals surface area contributed by atoms with Crippen molar-refractivity contribution in [3.8, 4) is 0 Å². The van der Waals surface area contributed by atoms with E-state index >= 15 is 0 Å². The van der Waals surface area contributed by atoms with E-state index in [-0.39, 0.29) is 0 Å². The van der Waals surface area contributed by atoms with Crippen LogP contribution in [0.25, 0.3) is 0 Å². The van der Waals surface area contributed by atoms with Crippen molar-refractivity contribution in [2.24, 2.45) is 5.73 Å². The third kappa shape index (κ3) is 3.89. The summed E-state index contributed by atoms with van der Waals surface area (Å²) >= 11 is 6.14. The average molecular weight is 304 g/mol. The van der Waals surface area contributed by atoms with E-state index in [0.29, 0.717) is 28.5 Å². The molecule has 0 spiro atoms. The summed E-state index contributed by atoms with van der Waals surface area (Å²) in [6.07, 6.45) is 0.820. The number of aryl methyl sites for hydroxylation is 1. The number of amides is 1. The number of hydrogen-bond acceptors (Lipinski definition) is 3. The highest BCUT2D eigenvalue weighted by Gasteiger charge is 2.12. The van der Waals surface area contributed by atoms with Gasteiger partial charge in [0, 0.05) is 12.2 Å². The minimum Gasteiger partial charge on any atom is -0.399 e. The zero-order valence-corrected chi connectivity index (χ0v) is 12.6. The molecule has 0 aliphatic heterocycles. The normalized spacial score (nSPS) is 10.4. The Bertz CT molecular complexity index is 671. The van der Waals surface area contributed by atoms with Gasteiger partial charge in [0.25, 0.3) is 5.91 Å². The van der Waals surface area contributed by atoms with E-state index in [4.69, 9.17) is 23.1 Å². The van der Waals surface area contributed by atoms with Gasteiger partial charge in [0.1, 0.15) is 0 Å². The standard InChI is InChI=1S/C16H18ClN3O/c1-10-3-2-4-11(7-10)5-6-20-15-13(16(19)21)8-12(18)9-14(15)17/h2-4,7-9,20H,5-6,18H2,1H3,(H2,19,21). The van der Waals surface area contributed by atoms with Gasteiger partial charge in [-0.15, -0.1) is 0 Å². The number of primary amides is 1. The van der Waals surface area contributed by atoms with Crippen molar-refractivity contribution < 1.29 is 4.79 Å². The first-order valence-electron chi connectivity index (χ1n) is 6.65. The molecule has 0 aliphatic rings. The van der Waals surface area contributed by atoms with Crippen molar-refractivity contribution in [3.63, 3.8) is 0 Å². The van der Waals surface area contributed by atoms with Gasteiger partial charge in [-0.1, -0.05) is 41.4 Å². The van der Waals surface area contributed by atoms with Crippen molar-refractivity contribution in [2.75, 3.05) is 17.6 Å². The molecule has 5 heteroatoms. The Morgan fingerprint density at radius 1 is 1.29 bits per heavy atom. The van der Waals surface area contributed by atoms with Crippen molar-refractivity contribution in [2.45, 2.75) is 13.3 Å². The number of nitrogens with two attached hydrogens (primary N) is 2. The maximum atomic E-state index is 11.5. The quantitative estimate of drug-likeness (QED) is 0.743. The highest BCUT2D eigenvalue weighted by molar-refractivity contribution is 6.34. The summed E-state index contributed by atoms with van der Waals surface area (Å²) < 4.78 is 0. The van der Waals surface area contributed by atoms with Crippen LogP contribution in [0.2, 0.25) is 5.02 Å². The summed E-state index contributed by atoms with van der Waals surface area (Å²) in [6, 6.07) is 11.4. The molecule has 0 saturated heterocycles. The maximum absolute atomic E-state index is 11.5. The second-order valence-electron chi connectivity index (χ2n) is 4.96. The van der Waals surface area contributed by atoms with Crippen LogP contribution in [0.1, 0.15) is 21.5 Å². The number of nitrogen functional groups attached to an aromatic ring is 1.